The molecule has 1 amide bonds. The van der Waals surface area contributed by atoms with E-state index in [1.807, 2.05) is 18.2 Å². The van der Waals surface area contributed by atoms with Gasteiger partial charge in [0.25, 0.3) is 0 Å². The van der Waals surface area contributed by atoms with Crippen molar-refractivity contribution in [3.05, 3.63) is 70.2 Å². The molecule has 4 nitrogen and oxygen atoms in total. The van der Waals surface area contributed by atoms with Gasteiger partial charge < -0.3 is 15.0 Å². The van der Waals surface area contributed by atoms with Gasteiger partial charge in [0.1, 0.15) is 0 Å². The fourth-order valence-electron chi connectivity index (χ4n) is 4.25. The highest BCUT2D eigenvalue weighted by atomic mass is 79.9. The highest BCUT2D eigenvalue weighted by Crippen LogP contribution is 2.34. The second-order valence-corrected chi connectivity index (χ2v) is 8.20. The molecule has 2 aliphatic rings. The summed E-state index contributed by atoms with van der Waals surface area (Å²) in [6.45, 7) is 3.49. The number of nitrogens with one attached hydrogen (secondary N) is 1. The second-order valence-electron chi connectivity index (χ2n) is 7.34. The molecule has 3 atom stereocenters. The summed E-state index contributed by atoms with van der Waals surface area (Å²) in [5.74, 6) is 0.429. The SMILES string of the molecule is O=C([C@@H]1CNC[C@H]1c1ccccc1Br)N1CCOC[C@@H]1Cc1ccccc1. The van der Waals surface area contributed by atoms with Gasteiger partial charge >= 0.3 is 0 Å². The van der Waals surface area contributed by atoms with Gasteiger partial charge in [0.15, 0.2) is 0 Å². The van der Waals surface area contributed by atoms with Crippen LogP contribution in [0.1, 0.15) is 17.0 Å². The highest BCUT2D eigenvalue weighted by Gasteiger charge is 2.39. The van der Waals surface area contributed by atoms with Crippen molar-refractivity contribution in [2.24, 2.45) is 5.92 Å². The van der Waals surface area contributed by atoms with Crippen molar-refractivity contribution >= 4 is 21.8 Å². The number of halogens is 1. The molecule has 4 rings (SSSR count). The van der Waals surface area contributed by atoms with Gasteiger partial charge in [-0.05, 0) is 23.6 Å². The maximum absolute atomic E-state index is 13.5. The molecule has 0 aliphatic carbocycles. The molecule has 1 N–H and O–H groups in total. The molecule has 142 valence electrons. The monoisotopic (exact) mass is 428 g/mol. The van der Waals surface area contributed by atoms with E-state index in [1.54, 1.807) is 0 Å². The van der Waals surface area contributed by atoms with Gasteiger partial charge in [-0.1, -0.05) is 64.5 Å². The molecule has 2 aliphatic heterocycles. The van der Waals surface area contributed by atoms with Crippen LogP contribution in [0.3, 0.4) is 0 Å². The predicted octanol–water partition coefficient (Wildman–Crippen LogP) is 3.22. The lowest BCUT2D eigenvalue weighted by atomic mass is 9.87. The van der Waals surface area contributed by atoms with E-state index in [-0.39, 0.29) is 23.8 Å². The van der Waals surface area contributed by atoms with Gasteiger partial charge in [0.2, 0.25) is 5.91 Å². The number of nitrogens with zero attached hydrogens (tertiary/aromatic N) is 1. The highest BCUT2D eigenvalue weighted by molar-refractivity contribution is 9.10. The number of amides is 1. The number of morpholine rings is 1. The van der Waals surface area contributed by atoms with E-state index in [1.165, 1.54) is 11.1 Å². The Bertz CT molecular complexity index is 783. The van der Waals surface area contributed by atoms with Crippen LogP contribution in [-0.2, 0) is 16.0 Å². The summed E-state index contributed by atoms with van der Waals surface area (Å²) >= 11 is 3.66. The molecule has 5 heteroatoms. The maximum Gasteiger partial charge on any atom is 0.228 e. The first-order chi connectivity index (χ1) is 13.2. The van der Waals surface area contributed by atoms with Gasteiger partial charge in [-0.25, -0.2) is 0 Å². The molecular formula is C22H25BrN2O2. The fraction of sp³-hybridized carbons (Fsp3) is 0.409. The van der Waals surface area contributed by atoms with Gasteiger partial charge in [-0.15, -0.1) is 0 Å². The minimum absolute atomic E-state index is 0.0277. The van der Waals surface area contributed by atoms with Gasteiger partial charge in [0.05, 0.1) is 25.2 Å². The molecule has 2 aromatic rings. The Kier molecular flexibility index (Phi) is 5.91. The smallest absolute Gasteiger partial charge is 0.228 e. The third-order valence-electron chi connectivity index (χ3n) is 5.66. The lowest BCUT2D eigenvalue weighted by Gasteiger charge is -2.38. The number of benzene rings is 2. The summed E-state index contributed by atoms with van der Waals surface area (Å²) in [4.78, 5) is 15.6. The van der Waals surface area contributed by atoms with Crippen LogP contribution in [0.2, 0.25) is 0 Å². The van der Waals surface area contributed by atoms with Crippen LogP contribution in [0.15, 0.2) is 59.1 Å². The Balaban J connectivity index is 1.53. The van der Waals surface area contributed by atoms with Crippen LogP contribution in [0.4, 0.5) is 0 Å². The number of carbonyl (C=O) groups is 1. The predicted molar refractivity (Wildman–Crippen MR) is 110 cm³/mol. The quantitative estimate of drug-likeness (QED) is 0.812. The minimum atomic E-state index is -0.0277. The topological polar surface area (TPSA) is 41.6 Å². The average Bonchev–Trinajstić information content (AvgIpc) is 3.19. The zero-order valence-corrected chi connectivity index (χ0v) is 16.9. The van der Waals surface area contributed by atoms with E-state index in [2.05, 4.69) is 62.5 Å². The summed E-state index contributed by atoms with van der Waals surface area (Å²) < 4.78 is 6.79. The third-order valence-corrected chi connectivity index (χ3v) is 6.38. The van der Waals surface area contributed by atoms with Gasteiger partial charge in [-0.3, -0.25) is 4.79 Å². The number of hydrogen-bond donors (Lipinski definition) is 1. The standard InChI is InChI=1S/C22H25BrN2O2/c23-21-9-5-4-8-18(21)19-13-24-14-20(19)22(26)25-10-11-27-15-17(25)12-16-6-2-1-3-7-16/h1-9,17,19-20,24H,10-15H2/t17-,19-,20+/m0/s1. The van der Waals surface area contributed by atoms with Crippen molar-refractivity contribution in [3.8, 4) is 0 Å². The lowest BCUT2D eigenvalue weighted by Crippen LogP contribution is -2.52. The molecule has 0 unspecified atom stereocenters. The molecule has 0 saturated carbocycles. The van der Waals surface area contributed by atoms with E-state index in [9.17, 15) is 4.79 Å². The fourth-order valence-corrected chi connectivity index (χ4v) is 4.83. The second kappa shape index (κ2) is 8.55. The third kappa shape index (κ3) is 4.10. The van der Waals surface area contributed by atoms with E-state index in [4.69, 9.17) is 4.74 Å². The summed E-state index contributed by atoms with van der Waals surface area (Å²) in [6.07, 6.45) is 0.840. The van der Waals surface area contributed by atoms with Crippen molar-refractivity contribution in [3.63, 3.8) is 0 Å². The van der Waals surface area contributed by atoms with Crippen molar-refractivity contribution in [2.45, 2.75) is 18.4 Å². The summed E-state index contributed by atoms with van der Waals surface area (Å²) in [5, 5.41) is 3.43. The summed E-state index contributed by atoms with van der Waals surface area (Å²) in [5.41, 5.74) is 2.46. The largest absolute Gasteiger partial charge is 0.377 e. The van der Waals surface area contributed by atoms with E-state index >= 15 is 0 Å². The molecule has 27 heavy (non-hydrogen) atoms. The lowest BCUT2D eigenvalue weighted by molar-refractivity contribution is -0.144. The van der Waals surface area contributed by atoms with Crippen LogP contribution in [0, 0.1) is 5.92 Å². The maximum atomic E-state index is 13.5. The van der Waals surface area contributed by atoms with Crippen molar-refractivity contribution < 1.29 is 9.53 Å². The van der Waals surface area contributed by atoms with Crippen LogP contribution in [-0.4, -0.2) is 49.7 Å². The minimum Gasteiger partial charge on any atom is -0.377 e. The number of hydrogen-bond acceptors (Lipinski definition) is 3. The molecule has 0 aromatic heterocycles. The summed E-state index contributed by atoms with van der Waals surface area (Å²) in [7, 11) is 0. The molecule has 0 radical (unpaired) electrons. The first-order valence-electron chi connectivity index (χ1n) is 9.61. The molecule has 0 bridgehead atoms. The Morgan fingerprint density at radius 3 is 2.70 bits per heavy atom. The van der Waals surface area contributed by atoms with E-state index in [0.717, 1.165) is 24.0 Å². The van der Waals surface area contributed by atoms with E-state index < -0.39 is 0 Å². The van der Waals surface area contributed by atoms with Crippen molar-refractivity contribution in [1.82, 2.24) is 10.2 Å². The molecule has 2 fully saturated rings. The Hall–Kier alpha value is -1.69. The van der Waals surface area contributed by atoms with Crippen LogP contribution < -0.4 is 5.32 Å². The number of carbonyl (C=O) groups excluding carboxylic acids is 1. The zero-order valence-electron chi connectivity index (χ0n) is 15.3. The zero-order chi connectivity index (χ0) is 18.6. The van der Waals surface area contributed by atoms with Gasteiger partial charge in [-0.2, -0.15) is 0 Å². The molecule has 2 heterocycles. The molecule has 2 saturated heterocycles. The first-order valence-corrected chi connectivity index (χ1v) is 10.4. The molecule has 0 spiro atoms. The van der Waals surface area contributed by atoms with Crippen LogP contribution >= 0.6 is 15.9 Å². The van der Waals surface area contributed by atoms with Crippen LogP contribution in [0.25, 0.3) is 0 Å². The first kappa shape index (κ1) is 18.7. The van der Waals surface area contributed by atoms with Crippen molar-refractivity contribution in [1.29, 1.82) is 0 Å². The number of rotatable bonds is 4. The molecular weight excluding hydrogens is 404 g/mol. The summed E-state index contributed by atoms with van der Waals surface area (Å²) in [6, 6.07) is 18.7. The van der Waals surface area contributed by atoms with Crippen LogP contribution in [0.5, 0.6) is 0 Å². The number of ether oxygens (including phenoxy) is 1. The van der Waals surface area contributed by atoms with Gasteiger partial charge in [0, 0.05) is 30.0 Å². The normalized spacial score (nSPS) is 25.5. The molecule has 2 aromatic carbocycles. The Morgan fingerprint density at radius 2 is 1.89 bits per heavy atom. The van der Waals surface area contributed by atoms with E-state index in [0.29, 0.717) is 19.8 Å². The average molecular weight is 429 g/mol. The van der Waals surface area contributed by atoms with Crippen molar-refractivity contribution in [2.75, 3.05) is 32.8 Å². The Morgan fingerprint density at radius 1 is 1.11 bits per heavy atom. The Labute approximate surface area is 169 Å².